The van der Waals surface area contributed by atoms with Crippen LogP contribution in [0.4, 0.5) is 13.2 Å². The third kappa shape index (κ3) is 7.20. The summed E-state index contributed by atoms with van der Waals surface area (Å²) in [6.45, 7) is 1.11. The Balaban J connectivity index is 1.43. The lowest BCUT2D eigenvalue weighted by molar-refractivity contribution is -0.274. The summed E-state index contributed by atoms with van der Waals surface area (Å²) in [6, 6.07) is 8.62. The van der Waals surface area contributed by atoms with E-state index in [1.165, 1.54) is 30.3 Å². The molecule has 0 unspecified atom stereocenters. The number of hydrogen-bond acceptors (Lipinski definition) is 9. The summed E-state index contributed by atoms with van der Waals surface area (Å²) in [4.78, 5) is 36.8. The number of alkyl halides is 3. The molecule has 2 aromatic carbocycles. The summed E-state index contributed by atoms with van der Waals surface area (Å²) in [6.07, 6.45) is -8.12. The number of carbonyl (C=O) groups is 2. The van der Waals surface area contributed by atoms with Crippen LogP contribution in [0.1, 0.15) is 31.4 Å². The molecule has 0 spiro atoms. The average Bonchev–Trinajstić information content (AvgIpc) is 2.85. The SMILES string of the molecule is C[C@H](NC(=O)Cn1nnc2ccc(O[C@H]3C[C@@H](O)C[C@@H](C(=O)O)O3)cc2c1=O)c1ccc(OC(F)(F)F)cc1. The zero-order chi connectivity index (χ0) is 28.3. The van der Waals surface area contributed by atoms with Gasteiger partial charge in [0.2, 0.25) is 12.2 Å². The highest BCUT2D eigenvalue weighted by Crippen LogP contribution is 2.26. The van der Waals surface area contributed by atoms with Crippen LogP contribution in [-0.2, 0) is 20.9 Å². The van der Waals surface area contributed by atoms with Gasteiger partial charge in [-0.25, -0.2) is 9.48 Å². The molecule has 2 heterocycles. The number of rotatable bonds is 8. The van der Waals surface area contributed by atoms with Crippen LogP contribution in [-0.4, -0.2) is 61.9 Å². The van der Waals surface area contributed by atoms with Crippen molar-refractivity contribution >= 4 is 22.8 Å². The van der Waals surface area contributed by atoms with Crippen molar-refractivity contribution in [2.75, 3.05) is 0 Å². The molecule has 4 rings (SSSR count). The van der Waals surface area contributed by atoms with Gasteiger partial charge >= 0.3 is 12.3 Å². The van der Waals surface area contributed by atoms with Gasteiger partial charge in [0, 0.05) is 12.8 Å². The van der Waals surface area contributed by atoms with Gasteiger partial charge in [-0.1, -0.05) is 17.3 Å². The molecule has 3 N–H and O–H groups in total. The Kier molecular flexibility index (Phi) is 8.01. The number of hydrogen-bond donors (Lipinski definition) is 3. The first-order chi connectivity index (χ1) is 18.4. The second-order valence-corrected chi connectivity index (χ2v) is 8.77. The number of nitrogens with zero attached hydrogens (tertiary/aromatic N) is 3. The van der Waals surface area contributed by atoms with Crippen molar-refractivity contribution in [3.63, 3.8) is 0 Å². The minimum Gasteiger partial charge on any atom is -0.479 e. The minimum atomic E-state index is -4.82. The third-order valence-electron chi connectivity index (χ3n) is 5.79. The van der Waals surface area contributed by atoms with E-state index in [9.17, 15) is 32.7 Å². The number of nitrogens with one attached hydrogen (secondary N) is 1. The van der Waals surface area contributed by atoms with Gasteiger partial charge in [0.25, 0.3) is 5.56 Å². The molecule has 0 bridgehead atoms. The second kappa shape index (κ2) is 11.2. The van der Waals surface area contributed by atoms with Crippen molar-refractivity contribution in [2.24, 2.45) is 0 Å². The van der Waals surface area contributed by atoms with Gasteiger partial charge in [-0.3, -0.25) is 9.59 Å². The maximum atomic E-state index is 13.0. The van der Waals surface area contributed by atoms with Gasteiger partial charge < -0.3 is 29.7 Å². The lowest BCUT2D eigenvalue weighted by Crippen LogP contribution is -2.42. The summed E-state index contributed by atoms with van der Waals surface area (Å²) in [7, 11) is 0. The van der Waals surface area contributed by atoms with Crippen LogP contribution in [0.3, 0.4) is 0 Å². The smallest absolute Gasteiger partial charge is 0.479 e. The molecular formula is C24H23F3N4O8. The second-order valence-electron chi connectivity index (χ2n) is 8.77. The number of carboxylic acids is 1. The highest BCUT2D eigenvalue weighted by Gasteiger charge is 2.34. The number of aromatic nitrogens is 3. The van der Waals surface area contributed by atoms with Crippen molar-refractivity contribution < 1.29 is 47.2 Å². The Labute approximate surface area is 217 Å². The Morgan fingerprint density at radius 1 is 1.18 bits per heavy atom. The number of benzene rings is 2. The molecule has 3 aromatic rings. The van der Waals surface area contributed by atoms with E-state index < -0.39 is 60.6 Å². The van der Waals surface area contributed by atoms with E-state index in [1.54, 1.807) is 6.92 Å². The number of amides is 1. The average molecular weight is 552 g/mol. The number of halogens is 3. The van der Waals surface area contributed by atoms with E-state index in [0.717, 1.165) is 16.8 Å². The minimum absolute atomic E-state index is 0.0249. The Morgan fingerprint density at radius 2 is 1.87 bits per heavy atom. The molecule has 39 heavy (non-hydrogen) atoms. The highest BCUT2D eigenvalue weighted by atomic mass is 19.4. The fraction of sp³-hybridized carbons (Fsp3) is 0.375. The van der Waals surface area contributed by atoms with Gasteiger partial charge in [-0.2, -0.15) is 0 Å². The van der Waals surface area contributed by atoms with Gasteiger partial charge in [-0.15, -0.1) is 18.3 Å². The van der Waals surface area contributed by atoms with E-state index in [1.807, 2.05) is 0 Å². The molecule has 0 radical (unpaired) electrons. The van der Waals surface area contributed by atoms with Gasteiger partial charge in [-0.05, 0) is 42.8 Å². The molecule has 208 valence electrons. The van der Waals surface area contributed by atoms with Gasteiger partial charge in [0.1, 0.15) is 23.6 Å². The molecule has 12 nitrogen and oxygen atoms in total. The van der Waals surface area contributed by atoms with Crippen molar-refractivity contribution in [3.05, 3.63) is 58.4 Å². The molecule has 15 heteroatoms. The van der Waals surface area contributed by atoms with Gasteiger partial charge in [0.05, 0.1) is 17.5 Å². The zero-order valence-corrected chi connectivity index (χ0v) is 20.3. The first-order valence-corrected chi connectivity index (χ1v) is 11.6. The number of fused-ring (bicyclic) bond motifs is 1. The lowest BCUT2D eigenvalue weighted by Gasteiger charge is -2.31. The van der Waals surface area contributed by atoms with Crippen molar-refractivity contribution in [1.29, 1.82) is 0 Å². The molecule has 1 aliphatic heterocycles. The summed E-state index contributed by atoms with van der Waals surface area (Å²) < 4.78 is 52.6. The first-order valence-electron chi connectivity index (χ1n) is 11.6. The molecule has 0 aliphatic carbocycles. The summed E-state index contributed by atoms with van der Waals surface area (Å²) in [5.41, 5.74) is 0.0539. The summed E-state index contributed by atoms with van der Waals surface area (Å²) >= 11 is 0. The van der Waals surface area contributed by atoms with Crippen molar-refractivity contribution in [3.8, 4) is 11.5 Å². The van der Waals surface area contributed by atoms with E-state index in [2.05, 4.69) is 20.4 Å². The number of aliphatic hydroxyl groups excluding tert-OH is 1. The fourth-order valence-electron chi connectivity index (χ4n) is 3.94. The number of aliphatic carboxylic acids is 1. The standard InChI is InChI=1S/C24H23F3N4O8/c1-12(13-2-4-15(5-3-13)39-24(25,26)27)28-20(33)11-31-22(34)17-10-16(6-7-18(17)29-30-31)37-21-9-14(32)8-19(38-21)23(35)36/h2-7,10,12,14,19,21,32H,8-9,11H2,1H3,(H,28,33)(H,35,36)/t12-,14-,19-,21+/m0/s1. The molecule has 0 saturated carbocycles. The van der Waals surface area contributed by atoms with Gasteiger partial charge in [0.15, 0.2) is 6.10 Å². The maximum Gasteiger partial charge on any atom is 0.573 e. The van der Waals surface area contributed by atoms with E-state index >= 15 is 0 Å². The summed E-state index contributed by atoms with van der Waals surface area (Å²) in [5.74, 6) is -2.10. The Bertz CT molecular complexity index is 1410. The van der Waals surface area contributed by atoms with Crippen LogP contribution in [0.15, 0.2) is 47.3 Å². The maximum absolute atomic E-state index is 13.0. The first kappa shape index (κ1) is 27.8. The Hall–Kier alpha value is -4.24. The lowest BCUT2D eigenvalue weighted by atomic mass is 10.1. The van der Waals surface area contributed by atoms with E-state index in [4.69, 9.17) is 14.6 Å². The van der Waals surface area contributed by atoms with Crippen LogP contribution < -0.4 is 20.3 Å². The molecule has 1 saturated heterocycles. The number of aliphatic hydroxyl groups is 1. The Morgan fingerprint density at radius 3 is 2.54 bits per heavy atom. The number of carbonyl (C=O) groups excluding carboxylic acids is 1. The van der Waals surface area contributed by atoms with Crippen LogP contribution in [0.5, 0.6) is 11.5 Å². The normalized spacial score (nSPS) is 20.3. The molecule has 1 amide bonds. The van der Waals surface area contributed by atoms with E-state index in [-0.39, 0.29) is 29.5 Å². The predicted molar refractivity (Wildman–Crippen MR) is 126 cm³/mol. The molecule has 4 atom stereocenters. The zero-order valence-electron chi connectivity index (χ0n) is 20.3. The fourth-order valence-corrected chi connectivity index (χ4v) is 3.94. The molecular weight excluding hydrogens is 529 g/mol. The quantitative estimate of drug-likeness (QED) is 0.376. The predicted octanol–water partition coefficient (Wildman–Crippen LogP) is 1.90. The van der Waals surface area contributed by atoms with Crippen LogP contribution in [0.25, 0.3) is 10.9 Å². The number of ether oxygens (including phenoxy) is 3. The third-order valence-corrected chi connectivity index (χ3v) is 5.79. The van der Waals surface area contributed by atoms with Crippen LogP contribution >= 0.6 is 0 Å². The molecule has 1 fully saturated rings. The van der Waals surface area contributed by atoms with Crippen molar-refractivity contribution in [2.45, 2.75) is 57.2 Å². The summed E-state index contributed by atoms with van der Waals surface area (Å²) in [5, 5.41) is 29.5. The van der Waals surface area contributed by atoms with Crippen LogP contribution in [0, 0.1) is 0 Å². The monoisotopic (exact) mass is 552 g/mol. The molecule has 1 aromatic heterocycles. The topological polar surface area (TPSA) is 162 Å². The largest absolute Gasteiger partial charge is 0.573 e. The van der Waals surface area contributed by atoms with Crippen molar-refractivity contribution in [1.82, 2.24) is 20.3 Å². The number of carboxylic acid groups (broad SMARTS) is 1. The van der Waals surface area contributed by atoms with E-state index in [0.29, 0.717) is 5.56 Å². The van der Waals surface area contributed by atoms with Crippen LogP contribution in [0.2, 0.25) is 0 Å². The molecule has 1 aliphatic rings. The highest BCUT2D eigenvalue weighted by molar-refractivity contribution is 5.80.